The van der Waals surface area contributed by atoms with Crippen molar-refractivity contribution in [2.24, 2.45) is 0 Å². The van der Waals surface area contributed by atoms with Gasteiger partial charge in [0.25, 0.3) is 5.69 Å². The summed E-state index contributed by atoms with van der Waals surface area (Å²) in [5.74, 6) is -1.09. The van der Waals surface area contributed by atoms with E-state index >= 15 is 0 Å². The van der Waals surface area contributed by atoms with Crippen molar-refractivity contribution in [3.8, 4) is 0 Å². The maximum atomic E-state index is 13.2. The van der Waals surface area contributed by atoms with Crippen LogP contribution in [-0.2, 0) is 9.53 Å². The summed E-state index contributed by atoms with van der Waals surface area (Å²) in [6.07, 6.45) is 3.00. The molecule has 0 unspecified atom stereocenters. The lowest BCUT2D eigenvalue weighted by molar-refractivity contribution is -0.385. The average molecular weight is 267 g/mol. The molecule has 0 bridgehead atoms. The molecule has 0 fully saturated rings. The first kappa shape index (κ1) is 14.8. The fourth-order valence-corrected chi connectivity index (χ4v) is 1.55. The van der Waals surface area contributed by atoms with Crippen molar-refractivity contribution in [3.05, 3.63) is 45.3 Å². The molecule has 0 atom stereocenters. The maximum absolute atomic E-state index is 13.2. The number of rotatable bonds is 5. The van der Waals surface area contributed by atoms with Gasteiger partial charge in [-0.15, -0.1) is 0 Å². The van der Waals surface area contributed by atoms with Crippen LogP contribution in [0.4, 0.5) is 10.1 Å². The third-order valence-corrected chi connectivity index (χ3v) is 2.47. The molecule has 0 saturated heterocycles. The summed E-state index contributed by atoms with van der Waals surface area (Å²) < 4.78 is 18.0. The van der Waals surface area contributed by atoms with Crippen LogP contribution in [-0.4, -0.2) is 17.5 Å². The molecular weight excluding hydrogens is 253 g/mol. The molecule has 0 saturated carbocycles. The first-order valence-corrected chi connectivity index (χ1v) is 5.72. The van der Waals surface area contributed by atoms with Gasteiger partial charge in [0.05, 0.1) is 24.0 Å². The summed E-state index contributed by atoms with van der Waals surface area (Å²) in [6, 6.07) is 2.06. The zero-order valence-electron chi connectivity index (χ0n) is 10.7. The summed E-state index contributed by atoms with van der Waals surface area (Å²) in [5.41, 5.74) is 0.443. The molecule has 0 N–H and O–H groups in total. The van der Waals surface area contributed by atoms with Gasteiger partial charge in [-0.05, 0) is 25.5 Å². The second kappa shape index (κ2) is 6.63. The van der Waals surface area contributed by atoms with E-state index in [0.29, 0.717) is 11.1 Å². The number of nitro benzene ring substituents is 1. The van der Waals surface area contributed by atoms with Crippen molar-refractivity contribution in [1.82, 2.24) is 0 Å². The number of carbonyl (C=O) groups is 1. The zero-order chi connectivity index (χ0) is 14.4. The van der Waals surface area contributed by atoms with Gasteiger partial charge >= 0.3 is 5.97 Å². The number of carbonyl (C=O) groups excluding carboxylic acids is 1. The van der Waals surface area contributed by atoms with Crippen LogP contribution >= 0.6 is 0 Å². The minimum absolute atomic E-state index is 0.0393. The van der Waals surface area contributed by atoms with E-state index in [0.717, 1.165) is 6.07 Å². The molecule has 0 aliphatic carbocycles. The van der Waals surface area contributed by atoms with Gasteiger partial charge in [0.2, 0.25) is 0 Å². The number of hydrogen-bond donors (Lipinski definition) is 0. The van der Waals surface area contributed by atoms with Crippen LogP contribution in [0.1, 0.15) is 24.5 Å². The van der Waals surface area contributed by atoms with Crippen LogP contribution in [0.25, 0.3) is 6.08 Å². The monoisotopic (exact) mass is 267 g/mol. The summed E-state index contributed by atoms with van der Waals surface area (Å²) in [4.78, 5) is 21.2. The third-order valence-electron chi connectivity index (χ3n) is 2.47. The highest BCUT2D eigenvalue weighted by atomic mass is 19.1. The molecule has 1 aromatic carbocycles. The van der Waals surface area contributed by atoms with Crippen molar-refractivity contribution in [1.29, 1.82) is 0 Å². The SMILES string of the molecule is CCOC(=O)CC=Cc1cc(F)cc([N+](=O)[O-])c1C. The Morgan fingerprint density at radius 1 is 1.53 bits per heavy atom. The third kappa shape index (κ3) is 4.17. The average Bonchev–Trinajstić information content (AvgIpc) is 2.33. The molecule has 1 rings (SSSR count). The first-order valence-electron chi connectivity index (χ1n) is 5.72. The largest absolute Gasteiger partial charge is 0.466 e. The highest BCUT2D eigenvalue weighted by Crippen LogP contribution is 2.24. The quantitative estimate of drug-likeness (QED) is 0.467. The van der Waals surface area contributed by atoms with E-state index in [1.807, 2.05) is 0 Å². The fraction of sp³-hybridized carbons (Fsp3) is 0.308. The van der Waals surface area contributed by atoms with Crippen LogP contribution in [0.15, 0.2) is 18.2 Å². The van der Waals surface area contributed by atoms with Gasteiger partial charge in [0.15, 0.2) is 0 Å². The molecular formula is C13H14FNO4. The summed E-state index contributed by atoms with van der Waals surface area (Å²) >= 11 is 0. The number of nitrogens with zero attached hydrogens (tertiary/aromatic N) is 1. The summed E-state index contributed by atoms with van der Waals surface area (Å²) in [6.45, 7) is 3.51. The normalized spacial score (nSPS) is 10.7. The van der Waals surface area contributed by atoms with Gasteiger partial charge in [0, 0.05) is 5.56 Å². The molecule has 0 heterocycles. The van der Waals surface area contributed by atoms with Crippen molar-refractivity contribution in [2.45, 2.75) is 20.3 Å². The lowest BCUT2D eigenvalue weighted by Crippen LogP contribution is -2.01. The van der Waals surface area contributed by atoms with E-state index in [9.17, 15) is 19.3 Å². The Morgan fingerprint density at radius 2 is 2.21 bits per heavy atom. The smallest absolute Gasteiger partial charge is 0.309 e. The Balaban J connectivity index is 2.92. The predicted molar refractivity (Wildman–Crippen MR) is 68.1 cm³/mol. The fourth-order valence-electron chi connectivity index (χ4n) is 1.55. The van der Waals surface area contributed by atoms with Gasteiger partial charge in [-0.25, -0.2) is 4.39 Å². The molecule has 19 heavy (non-hydrogen) atoms. The minimum Gasteiger partial charge on any atom is -0.466 e. The van der Waals surface area contributed by atoms with Gasteiger partial charge < -0.3 is 4.74 Å². The van der Waals surface area contributed by atoms with Gasteiger partial charge in [-0.3, -0.25) is 14.9 Å². The number of benzene rings is 1. The molecule has 0 aliphatic rings. The van der Waals surface area contributed by atoms with Crippen molar-refractivity contribution in [3.63, 3.8) is 0 Å². The zero-order valence-corrected chi connectivity index (χ0v) is 10.7. The molecule has 0 aliphatic heterocycles. The number of hydrogen-bond acceptors (Lipinski definition) is 4. The second-order valence-electron chi connectivity index (χ2n) is 3.81. The molecule has 0 aromatic heterocycles. The molecule has 1 aromatic rings. The van der Waals surface area contributed by atoms with E-state index < -0.39 is 16.7 Å². The van der Waals surface area contributed by atoms with Crippen LogP contribution in [0.5, 0.6) is 0 Å². The van der Waals surface area contributed by atoms with E-state index in [2.05, 4.69) is 0 Å². The second-order valence-corrected chi connectivity index (χ2v) is 3.81. The van der Waals surface area contributed by atoms with Gasteiger partial charge in [0.1, 0.15) is 5.82 Å². The van der Waals surface area contributed by atoms with Gasteiger partial charge in [-0.1, -0.05) is 12.2 Å². The Morgan fingerprint density at radius 3 is 2.79 bits per heavy atom. The van der Waals surface area contributed by atoms with Crippen molar-refractivity contribution in [2.75, 3.05) is 6.61 Å². The highest BCUT2D eigenvalue weighted by molar-refractivity contribution is 5.73. The molecule has 0 spiro atoms. The molecule has 6 heteroatoms. The van der Waals surface area contributed by atoms with Crippen molar-refractivity contribution >= 4 is 17.7 Å². The van der Waals surface area contributed by atoms with Crippen LogP contribution in [0, 0.1) is 22.9 Å². The number of ether oxygens (including phenoxy) is 1. The van der Waals surface area contributed by atoms with E-state index in [1.54, 1.807) is 6.92 Å². The van der Waals surface area contributed by atoms with Gasteiger partial charge in [-0.2, -0.15) is 0 Å². The highest BCUT2D eigenvalue weighted by Gasteiger charge is 2.14. The molecule has 0 amide bonds. The Kier molecular flexibility index (Phi) is 5.17. The molecule has 5 nitrogen and oxygen atoms in total. The number of esters is 1. The van der Waals surface area contributed by atoms with E-state index in [-0.39, 0.29) is 18.7 Å². The van der Waals surface area contributed by atoms with Crippen LogP contribution in [0.2, 0.25) is 0 Å². The predicted octanol–water partition coefficient (Wildman–Crippen LogP) is 3.01. The minimum atomic E-state index is -0.687. The lowest BCUT2D eigenvalue weighted by Gasteiger charge is -2.02. The van der Waals surface area contributed by atoms with Crippen LogP contribution < -0.4 is 0 Å². The van der Waals surface area contributed by atoms with E-state index in [1.165, 1.54) is 25.1 Å². The Bertz CT molecular complexity index is 526. The topological polar surface area (TPSA) is 69.4 Å². The van der Waals surface area contributed by atoms with Crippen LogP contribution in [0.3, 0.4) is 0 Å². The van der Waals surface area contributed by atoms with Crippen molar-refractivity contribution < 1.29 is 18.8 Å². The standard InChI is InChI=1S/C13H14FNO4/c1-3-19-13(16)6-4-5-10-7-11(14)8-12(9(10)2)15(17)18/h4-5,7-8H,3,6H2,1-2H3. The molecule has 102 valence electrons. The first-order chi connectivity index (χ1) is 8.95. The lowest BCUT2D eigenvalue weighted by atomic mass is 10.1. The molecule has 0 radical (unpaired) electrons. The van der Waals surface area contributed by atoms with E-state index in [4.69, 9.17) is 4.74 Å². The Hall–Kier alpha value is -2.24. The Labute approximate surface area is 109 Å². The summed E-state index contributed by atoms with van der Waals surface area (Å²) in [5, 5.41) is 10.7. The number of halogens is 1. The maximum Gasteiger partial charge on any atom is 0.309 e. The number of nitro groups is 1. The summed E-state index contributed by atoms with van der Waals surface area (Å²) in [7, 11) is 0.